The van der Waals surface area contributed by atoms with E-state index in [-0.39, 0.29) is 6.71 Å². The van der Waals surface area contributed by atoms with Gasteiger partial charge in [0.15, 0.2) is 0 Å². The highest BCUT2D eigenvalue weighted by atomic mass is 28.3. The number of hydrogen-bond acceptors (Lipinski definition) is 0. The summed E-state index contributed by atoms with van der Waals surface area (Å²) in [4.78, 5) is 0. The maximum absolute atomic E-state index is 2.76. The average molecular weight is 727 g/mol. The molecule has 0 N–H and O–H groups in total. The van der Waals surface area contributed by atoms with Gasteiger partial charge in [0.05, 0.1) is 11.0 Å². The van der Waals surface area contributed by atoms with Crippen molar-refractivity contribution in [1.82, 2.24) is 9.13 Å². The number of para-hydroxylation sites is 2. The quantitative estimate of drug-likeness (QED) is 0.210. The third-order valence-corrected chi connectivity index (χ3v) is 22.3. The van der Waals surface area contributed by atoms with Gasteiger partial charge >= 0.3 is 0 Å². The lowest BCUT2D eigenvalue weighted by Crippen LogP contribution is -2.88. The molecule has 0 fully saturated rings. The molecule has 5 heteroatoms. The second-order valence-electron chi connectivity index (χ2n) is 17.1. The summed E-state index contributed by atoms with van der Waals surface area (Å²) in [6.45, 7) is 8.15. The minimum atomic E-state index is -2.32. The highest BCUT2D eigenvalue weighted by Crippen LogP contribution is 2.39. The van der Waals surface area contributed by atoms with Crippen LogP contribution in [0.5, 0.6) is 0 Å². The Bertz CT molecular complexity index is 2900. The molecule has 6 aromatic carbocycles. The molecule has 1 unspecified atom stereocenters. The summed E-state index contributed by atoms with van der Waals surface area (Å²) in [5, 5.41) is 10.8. The summed E-state index contributed by atoms with van der Waals surface area (Å²) in [6.07, 6.45) is 7.09. The molecule has 8 aromatic rings. The molecule has 260 valence electrons. The predicted octanol–water partition coefficient (Wildman–Crippen LogP) is 5.62. The van der Waals surface area contributed by atoms with Gasteiger partial charge in [-0.3, -0.25) is 0 Å². The van der Waals surface area contributed by atoms with Gasteiger partial charge in [0.25, 0.3) is 0 Å². The highest BCUT2D eigenvalue weighted by molar-refractivity contribution is 7.24. The lowest BCUT2D eigenvalue weighted by Gasteiger charge is -2.47. The Labute approximate surface area is 320 Å². The third kappa shape index (κ3) is 3.86. The molecule has 1 atom stereocenters. The molecule has 0 radical (unpaired) electrons. The first-order valence-corrected chi connectivity index (χ1v) is 25.7. The summed E-state index contributed by atoms with van der Waals surface area (Å²) in [5.74, 6) is 0. The number of aromatic nitrogens is 2. The van der Waals surface area contributed by atoms with Crippen LogP contribution in [0.2, 0.25) is 19.6 Å². The van der Waals surface area contributed by atoms with Gasteiger partial charge in [-0.05, 0) is 84.3 Å². The van der Waals surface area contributed by atoms with E-state index in [1.165, 1.54) is 80.9 Å². The van der Waals surface area contributed by atoms with E-state index in [9.17, 15) is 0 Å². The van der Waals surface area contributed by atoms with Gasteiger partial charge in [0.2, 0.25) is 6.71 Å². The lowest BCUT2D eigenvalue weighted by molar-refractivity contribution is 0.869. The van der Waals surface area contributed by atoms with Crippen LogP contribution in [0.25, 0.3) is 33.2 Å². The monoisotopic (exact) mass is 726 g/mol. The maximum Gasteiger partial charge on any atom is 0.240 e. The molecule has 4 aliphatic rings. The fourth-order valence-corrected chi connectivity index (χ4v) is 19.9. The Hall–Kier alpha value is -5.10. The summed E-state index contributed by atoms with van der Waals surface area (Å²) in [6, 6.07) is 52.4. The molecule has 2 aliphatic heterocycles. The Morgan fingerprint density at radius 2 is 1.11 bits per heavy atom. The van der Waals surface area contributed by atoms with Crippen molar-refractivity contribution in [3.63, 3.8) is 0 Å². The van der Waals surface area contributed by atoms with Crippen LogP contribution in [-0.4, -0.2) is 32.0 Å². The number of fused-ring (bicyclic) bond motifs is 10. The number of rotatable bonds is 3. The van der Waals surface area contributed by atoms with Crippen LogP contribution >= 0.6 is 0 Å². The maximum atomic E-state index is 2.76. The summed E-state index contributed by atoms with van der Waals surface area (Å²) >= 11 is 0. The Kier molecular flexibility index (Phi) is 6.37. The average Bonchev–Trinajstić information content (AvgIpc) is 4.00. The predicted molar refractivity (Wildman–Crippen MR) is 235 cm³/mol. The van der Waals surface area contributed by atoms with Crippen molar-refractivity contribution in [3.8, 4) is 11.4 Å². The second-order valence-corrected chi connectivity index (χ2v) is 25.3. The van der Waals surface area contributed by atoms with Crippen LogP contribution in [-0.2, 0) is 25.7 Å². The number of aryl methyl sites for hydroxylation is 2. The van der Waals surface area contributed by atoms with Crippen molar-refractivity contribution in [1.29, 1.82) is 0 Å². The zero-order valence-electron chi connectivity index (χ0n) is 31.4. The van der Waals surface area contributed by atoms with Crippen LogP contribution in [0.1, 0.15) is 35.4 Å². The molecule has 0 bridgehead atoms. The molecule has 0 saturated carbocycles. The van der Waals surface area contributed by atoms with E-state index in [0.717, 1.165) is 12.8 Å². The highest BCUT2D eigenvalue weighted by Gasteiger charge is 2.52. The molecule has 0 amide bonds. The molecule has 2 aromatic heterocycles. The first-order valence-electron chi connectivity index (χ1n) is 20.2. The van der Waals surface area contributed by atoms with Crippen LogP contribution in [0.4, 0.5) is 0 Å². The van der Waals surface area contributed by atoms with Crippen LogP contribution < -0.4 is 42.3 Å². The SMILES string of the molecule is C[Si]1(C)c2cccc3c2B(c2ccccc2[Si]3(C)c2ccccc2)c2cc(-n3c4c(c5ccccc53)CCC4)cc(-n3c4c(c5ccccc53)CCC4)c21. The van der Waals surface area contributed by atoms with Crippen LogP contribution in [0.15, 0.2) is 133 Å². The minimum Gasteiger partial charge on any atom is -0.313 e. The molecule has 0 saturated heterocycles. The molecule has 2 aliphatic carbocycles. The number of hydrogen-bond donors (Lipinski definition) is 0. The van der Waals surface area contributed by atoms with Gasteiger partial charge in [0, 0.05) is 33.5 Å². The minimum absolute atomic E-state index is 0.190. The normalized spacial score (nSPS) is 18.8. The van der Waals surface area contributed by atoms with Crippen molar-refractivity contribution in [2.75, 3.05) is 0 Å². The van der Waals surface area contributed by atoms with Crippen molar-refractivity contribution in [2.24, 2.45) is 0 Å². The zero-order chi connectivity index (χ0) is 35.9. The van der Waals surface area contributed by atoms with E-state index in [4.69, 9.17) is 0 Å². The van der Waals surface area contributed by atoms with Gasteiger partial charge in [-0.1, -0.05) is 161 Å². The van der Waals surface area contributed by atoms with E-state index in [0.29, 0.717) is 0 Å². The molecule has 54 heavy (non-hydrogen) atoms. The summed E-state index contributed by atoms with van der Waals surface area (Å²) < 4.78 is 5.44. The van der Waals surface area contributed by atoms with Gasteiger partial charge in [-0.2, -0.15) is 0 Å². The molecule has 2 nitrogen and oxygen atoms in total. The van der Waals surface area contributed by atoms with Crippen LogP contribution in [0, 0.1) is 0 Å². The molecular formula is C49H43BN2Si2. The molecule has 4 heterocycles. The molecule has 12 rings (SSSR count). The van der Waals surface area contributed by atoms with E-state index < -0.39 is 16.1 Å². The largest absolute Gasteiger partial charge is 0.313 e. The zero-order valence-corrected chi connectivity index (χ0v) is 33.4. The van der Waals surface area contributed by atoms with E-state index in [2.05, 4.69) is 162 Å². The van der Waals surface area contributed by atoms with Crippen molar-refractivity contribution in [3.05, 3.63) is 156 Å². The fraction of sp³-hybridized carbons (Fsp3) is 0.184. The first-order chi connectivity index (χ1) is 26.5. The van der Waals surface area contributed by atoms with Crippen molar-refractivity contribution < 1.29 is 0 Å². The van der Waals surface area contributed by atoms with E-state index in [1.54, 1.807) is 42.8 Å². The standard InChI is InChI=1S/C49H43BN2Si2/c1-53(2)46-28-15-29-47-48(46)50(38-22-9-12-27-45(38)54(47,3)33-16-5-4-6-17-33)39-30-32(51-40-23-10-7-18-34(40)36-20-13-25-41(36)51)31-44(49(39)53)52-42-24-11-8-19-35(42)37-21-14-26-43(37)52/h4-12,15-19,22-24,27-31H,13-14,20-21,25-26H2,1-3H3. The number of nitrogens with zero attached hydrogens (tertiary/aromatic N) is 2. The summed E-state index contributed by atoms with van der Waals surface area (Å²) in [7, 11) is -4.60. The molecular weight excluding hydrogens is 684 g/mol. The van der Waals surface area contributed by atoms with Gasteiger partial charge in [0.1, 0.15) is 16.1 Å². The fourth-order valence-electron chi connectivity index (χ4n) is 12.0. The van der Waals surface area contributed by atoms with Crippen molar-refractivity contribution >= 4 is 87.0 Å². The van der Waals surface area contributed by atoms with Gasteiger partial charge in [-0.15, -0.1) is 0 Å². The van der Waals surface area contributed by atoms with E-state index in [1.807, 2.05) is 0 Å². The van der Waals surface area contributed by atoms with Gasteiger partial charge < -0.3 is 9.13 Å². The van der Waals surface area contributed by atoms with Crippen molar-refractivity contribution in [2.45, 2.75) is 58.2 Å². The second kappa shape index (κ2) is 11.0. The Balaban J connectivity index is 1.25. The Morgan fingerprint density at radius 1 is 0.519 bits per heavy atom. The van der Waals surface area contributed by atoms with E-state index >= 15 is 0 Å². The van der Waals surface area contributed by atoms with Gasteiger partial charge in [-0.25, -0.2) is 0 Å². The topological polar surface area (TPSA) is 9.86 Å². The first kappa shape index (κ1) is 31.3. The summed E-state index contributed by atoms with van der Waals surface area (Å²) in [5.41, 5.74) is 16.4. The third-order valence-electron chi connectivity index (χ3n) is 14.2. The lowest BCUT2D eigenvalue weighted by atomic mass is 9.36. The van der Waals surface area contributed by atoms with Crippen LogP contribution in [0.3, 0.4) is 0 Å². The molecule has 0 spiro atoms. The Morgan fingerprint density at radius 3 is 1.85 bits per heavy atom. The number of benzene rings is 6. The smallest absolute Gasteiger partial charge is 0.240 e.